The van der Waals surface area contributed by atoms with Crippen LogP contribution in [0.4, 0.5) is 0 Å². The number of imide groups is 2. The highest BCUT2D eigenvalue weighted by molar-refractivity contribution is 6.15. The van der Waals surface area contributed by atoms with E-state index in [1.54, 1.807) is 41.5 Å². The van der Waals surface area contributed by atoms with Gasteiger partial charge in [-0.1, -0.05) is 0 Å². The Bertz CT molecular complexity index is 1310. The van der Waals surface area contributed by atoms with E-state index in [9.17, 15) is 47.9 Å². The van der Waals surface area contributed by atoms with Crippen LogP contribution in [0, 0.1) is 0 Å². The van der Waals surface area contributed by atoms with Crippen LogP contribution < -0.4 is 0 Å². The Kier molecular flexibility index (Phi) is 14.9. The third kappa shape index (κ3) is 14.2. The number of Topliss-reactive ketones (excluding diaryl/α,β-unsaturated/α-hetero) is 2. The van der Waals surface area contributed by atoms with E-state index in [1.165, 1.54) is 0 Å². The van der Waals surface area contributed by atoms with E-state index in [0.29, 0.717) is 19.8 Å². The summed E-state index contributed by atoms with van der Waals surface area (Å²) in [6, 6.07) is 0. The second-order valence-corrected chi connectivity index (χ2v) is 13.8. The van der Waals surface area contributed by atoms with Crippen LogP contribution in [0.15, 0.2) is 24.3 Å². The summed E-state index contributed by atoms with van der Waals surface area (Å²) in [4.78, 5) is 128. The lowest BCUT2D eigenvalue weighted by atomic mass is 10.1. The molecule has 16 nitrogen and oxygen atoms in total. The maximum Gasteiger partial charge on any atom is 0.306 e. The fourth-order valence-corrected chi connectivity index (χ4v) is 4.68. The van der Waals surface area contributed by atoms with Gasteiger partial charge in [-0.15, -0.1) is 0 Å². The van der Waals surface area contributed by atoms with Gasteiger partial charge in [0.05, 0.1) is 0 Å². The van der Waals surface area contributed by atoms with Crippen molar-refractivity contribution in [1.29, 1.82) is 0 Å². The average molecular weight is 703 g/mol. The van der Waals surface area contributed by atoms with Gasteiger partial charge < -0.3 is 9.47 Å². The molecule has 0 aromatic heterocycles. The first-order valence-corrected chi connectivity index (χ1v) is 16.3. The van der Waals surface area contributed by atoms with E-state index in [1.807, 2.05) is 0 Å². The molecule has 2 heterocycles. The lowest BCUT2D eigenvalue weighted by Crippen LogP contribution is -2.58. The van der Waals surface area contributed by atoms with Gasteiger partial charge in [0.15, 0.2) is 11.6 Å². The van der Waals surface area contributed by atoms with E-state index < -0.39 is 96.3 Å². The minimum absolute atomic E-state index is 0.0261. The summed E-state index contributed by atoms with van der Waals surface area (Å²) in [5.41, 5.74) is -1.37. The highest BCUT2D eigenvalue weighted by atomic mass is 16.6. The van der Waals surface area contributed by atoms with Crippen LogP contribution >= 0.6 is 0 Å². The van der Waals surface area contributed by atoms with Crippen LogP contribution in [-0.2, 0) is 57.4 Å². The van der Waals surface area contributed by atoms with Crippen molar-refractivity contribution in [1.82, 2.24) is 19.8 Å². The SMILES string of the molecule is CC(C)(C)OC(=O)CCCCC(=O)CN(C(=O)CN1C(=O)C=CC1=O)N(CC(=O)CCCCC(=O)OC(C)(C)C)C(=O)CN1C(=O)C=CC1=O. The van der Waals surface area contributed by atoms with Gasteiger partial charge in [0.1, 0.15) is 37.4 Å². The molecule has 0 atom stereocenters. The normalized spacial score (nSPS) is 14.4. The molecule has 0 unspecified atom stereocenters. The lowest BCUT2D eigenvalue weighted by molar-refractivity contribution is -0.170. The molecule has 2 aliphatic heterocycles. The molecule has 16 heteroatoms. The third-order valence-corrected chi connectivity index (χ3v) is 6.92. The predicted octanol–water partition coefficient (Wildman–Crippen LogP) is 1.35. The molecule has 0 aromatic rings. The quantitative estimate of drug-likeness (QED) is 0.0860. The molecule has 0 bridgehead atoms. The van der Waals surface area contributed by atoms with Crippen molar-refractivity contribution in [3.8, 4) is 0 Å². The summed E-state index contributed by atoms with van der Waals surface area (Å²) in [5, 5.41) is 1.27. The zero-order valence-electron chi connectivity index (χ0n) is 29.5. The van der Waals surface area contributed by atoms with E-state index in [-0.39, 0.29) is 51.4 Å². The Morgan fingerprint density at radius 1 is 0.520 bits per heavy atom. The van der Waals surface area contributed by atoms with Crippen LogP contribution in [-0.4, -0.2) is 116 Å². The maximum absolute atomic E-state index is 13.6. The molecule has 6 amide bonds. The van der Waals surface area contributed by atoms with E-state index in [4.69, 9.17) is 9.47 Å². The summed E-state index contributed by atoms with van der Waals surface area (Å²) >= 11 is 0. The number of hydrazine groups is 1. The molecular weight excluding hydrogens is 656 g/mol. The largest absolute Gasteiger partial charge is 0.460 e. The smallest absolute Gasteiger partial charge is 0.306 e. The number of nitrogens with zero attached hydrogens (tertiary/aromatic N) is 4. The predicted molar refractivity (Wildman–Crippen MR) is 174 cm³/mol. The van der Waals surface area contributed by atoms with Crippen molar-refractivity contribution < 1.29 is 57.4 Å². The Morgan fingerprint density at radius 3 is 1.08 bits per heavy atom. The molecule has 0 saturated heterocycles. The minimum atomic E-state index is -1.07. The summed E-state index contributed by atoms with van der Waals surface area (Å²) in [5.74, 6) is -7.47. The first-order valence-electron chi connectivity index (χ1n) is 16.3. The molecule has 0 fully saturated rings. The number of carbonyl (C=O) groups is 10. The number of ether oxygens (including phenoxy) is 2. The number of amides is 6. The molecule has 0 N–H and O–H groups in total. The topological polar surface area (TPSA) is 202 Å². The summed E-state index contributed by atoms with van der Waals surface area (Å²) in [6.07, 6.45) is 4.48. The van der Waals surface area contributed by atoms with Crippen molar-refractivity contribution in [2.75, 3.05) is 26.2 Å². The maximum atomic E-state index is 13.6. The van der Waals surface area contributed by atoms with Gasteiger partial charge in [-0.2, -0.15) is 0 Å². The van der Waals surface area contributed by atoms with Crippen LogP contribution in [0.25, 0.3) is 0 Å². The van der Waals surface area contributed by atoms with Gasteiger partial charge in [-0.25, -0.2) is 10.0 Å². The number of rotatable bonds is 18. The molecule has 2 aliphatic rings. The standard InChI is InChI=1S/C34H46N4O12/c1-33(2,3)49-31(47)13-9-7-11-23(39)19-37(29(45)21-35-25(41)15-16-26(35)42)38(30(46)22-36-27(43)17-18-28(36)44)20-24(40)12-8-10-14-32(48)50-34(4,5)6/h15-18H,7-14,19-22H2,1-6H3. The fourth-order valence-electron chi connectivity index (χ4n) is 4.68. The molecule has 274 valence electrons. The molecule has 0 aliphatic carbocycles. The van der Waals surface area contributed by atoms with Gasteiger partial charge in [-0.05, 0) is 67.2 Å². The van der Waals surface area contributed by atoms with Gasteiger partial charge >= 0.3 is 11.9 Å². The Labute approximate surface area is 290 Å². The molecule has 0 saturated carbocycles. The molecule has 0 spiro atoms. The van der Waals surface area contributed by atoms with Crippen molar-refractivity contribution in [2.45, 2.75) is 104 Å². The number of esters is 2. The number of unbranched alkanes of at least 4 members (excludes halogenated alkanes) is 2. The van der Waals surface area contributed by atoms with Crippen LogP contribution in [0.5, 0.6) is 0 Å². The Morgan fingerprint density at radius 2 is 0.800 bits per heavy atom. The van der Waals surface area contributed by atoms with E-state index in [0.717, 1.165) is 24.3 Å². The Balaban J connectivity index is 2.25. The molecule has 2 rings (SSSR count). The first-order chi connectivity index (χ1) is 23.2. The summed E-state index contributed by atoms with van der Waals surface area (Å²) < 4.78 is 10.5. The minimum Gasteiger partial charge on any atom is -0.460 e. The van der Waals surface area contributed by atoms with Crippen molar-refractivity contribution >= 4 is 58.9 Å². The van der Waals surface area contributed by atoms with Crippen LogP contribution in [0.2, 0.25) is 0 Å². The highest BCUT2D eigenvalue weighted by Gasteiger charge is 2.36. The van der Waals surface area contributed by atoms with Crippen molar-refractivity contribution in [3.05, 3.63) is 24.3 Å². The second kappa shape index (κ2) is 18.1. The zero-order valence-corrected chi connectivity index (χ0v) is 29.5. The molecule has 50 heavy (non-hydrogen) atoms. The van der Waals surface area contributed by atoms with Crippen molar-refractivity contribution in [3.63, 3.8) is 0 Å². The second-order valence-electron chi connectivity index (χ2n) is 13.8. The number of hydrogen-bond acceptors (Lipinski definition) is 12. The molecular formula is C34H46N4O12. The zero-order chi connectivity index (χ0) is 37.8. The van der Waals surface area contributed by atoms with Gasteiger partial charge in [0.25, 0.3) is 35.4 Å². The molecule has 0 radical (unpaired) electrons. The number of hydrogen-bond donors (Lipinski definition) is 0. The number of carbonyl (C=O) groups excluding carboxylic acids is 10. The summed E-state index contributed by atoms with van der Waals surface area (Å²) in [7, 11) is 0. The number of ketones is 2. The van der Waals surface area contributed by atoms with Gasteiger partial charge in [-0.3, -0.25) is 57.7 Å². The van der Waals surface area contributed by atoms with E-state index in [2.05, 4.69) is 0 Å². The highest BCUT2D eigenvalue weighted by Crippen LogP contribution is 2.15. The summed E-state index contributed by atoms with van der Waals surface area (Å²) in [6.45, 7) is 6.99. The van der Waals surface area contributed by atoms with Gasteiger partial charge in [0, 0.05) is 50.0 Å². The average Bonchev–Trinajstić information content (AvgIpc) is 3.47. The van der Waals surface area contributed by atoms with Gasteiger partial charge in [0.2, 0.25) is 0 Å². The van der Waals surface area contributed by atoms with Crippen molar-refractivity contribution in [2.24, 2.45) is 0 Å². The third-order valence-electron chi connectivity index (χ3n) is 6.92. The van der Waals surface area contributed by atoms with E-state index >= 15 is 0 Å². The van der Waals surface area contributed by atoms with Crippen LogP contribution in [0.3, 0.4) is 0 Å². The van der Waals surface area contributed by atoms with Crippen LogP contribution in [0.1, 0.15) is 92.9 Å². The Hall–Kier alpha value is -5.02. The monoisotopic (exact) mass is 702 g/mol. The first kappa shape index (κ1) is 41.2. The lowest BCUT2D eigenvalue weighted by Gasteiger charge is -2.35. The molecule has 0 aromatic carbocycles. The fraction of sp³-hybridized carbons (Fsp3) is 0.588.